The summed E-state index contributed by atoms with van der Waals surface area (Å²) in [7, 11) is 0. The molecule has 4 N–H and O–H groups in total. The van der Waals surface area contributed by atoms with E-state index in [1.165, 1.54) is 0 Å². The van der Waals surface area contributed by atoms with E-state index in [0.717, 1.165) is 22.8 Å². The van der Waals surface area contributed by atoms with Gasteiger partial charge in [-0.1, -0.05) is 18.2 Å². The molecule has 0 spiro atoms. The van der Waals surface area contributed by atoms with Crippen LogP contribution in [0.2, 0.25) is 0 Å². The van der Waals surface area contributed by atoms with Gasteiger partial charge in [-0.25, -0.2) is 4.68 Å². The van der Waals surface area contributed by atoms with Crippen molar-refractivity contribution in [3.8, 4) is 5.69 Å². The summed E-state index contributed by atoms with van der Waals surface area (Å²) >= 11 is 0. The van der Waals surface area contributed by atoms with Crippen LogP contribution in [0.4, 0.5) is 11.4 Å². The van der Waals surface area contributed by atoms with E-state index >= 15 is 0 Å². The van der Waals surface area contributed by atoms with Crippen LogP contribution in [0.25, 0.3) is 5.69 Å². The predicted molar refractivity (Wildman–Crippen MR) is 105 cm³/mol. The number of carbonyl (C=O) groups excluding carboxylic acids is 2. The smallest absolute Gasteiger partial charge is 0.248 e. The van der Waals surface area contributed by atoms with Gasteiger partial charge in [-0.05, 0) is 50.2 Å². The minimum atomic E-state index is -0.485. The van der Waals surface area contributed by atoms with Crippen LogP contribution in [0.5, 0.6) is 0 Å². The largest absolute Gasteiger partial charge is 0.376 e. The van der Waals surface area contributed by atoms with Gasteiger partial charge < -0.3 is 16.4 Å². The van der Waals surface area contributed by atoms with Crippen LogP contribution >= 0.6 is 0 Å². The van der Waals surface area contributed by atoms with E-state index in [9.17, 15) is 9.59 Å². The molecular weight excluding hydrogens is 342 g/mol. The van der Waals surface area contributed by atoms with Crippen LogP contribution in [-0.4, -0.2) is 28.1 Å². The van der Waals surface area contributed by atoms with Gasteiger partial charge in [0.2, 0.25) is 11.8 Å². The minimum absolute atomic E-state index is 0.0886. The fourth-order valence-electron chi connectivity index (χ4n) is 2.76. The number of nitrogens with zero attached hydrogens (tertiary/aromatic N) is 2. The molecule has 138 valence electrons. The number of aromatic nitrogens is 2. The zero-order valence-corrected chi connectivity index (χ0v) is 15.2. The number of aryl methyl sites for hydroxylation is 1. The molecule has 1 heterocycles. The molecule has 0 atom stereocenters. The highest BCUT2D eigenvalue weighted by molar-refractivity contribution is 5.95. The molecule has 27 heavy (non-hydrogen) atoms. The first-order valence-electron chi connectivity index (χ1n) is 8.51. The number of amides is 2. The Balaban J connectivity index is 1.66. The Hall–Kier alpha value is -3.61. The Kier molecular flexibility index (Phi) is 5.21. The SMILES string of the molecule is Cc1nn(-c2ccccc2)c(C)c1NC(=O)CNc1ccc(C(N)=O)cc1. The second-order valence-electron chi connectivity index (χ2n) is 6.14. The molecule has 0 saturated heterocycles. The number of carbonyl (C=O) groups is 2. The summed E-state index contributed by atoms with van der Waals surface area (Å²) in [6.45, 7) is 3.86. The van der Waals surface area contributed by atoms with Gasteiger partial charge in [0, 0.05) is 11.3 Å². The fourth-order valence-corrected chi connectivity index (χ4v) is 2.76. The zero-order chi connectivity index (χ0) is 19.4. The Labute approximate surface area is 157 Å². The van der Waals surface area contributed by atoms with Gasteiger partial charge in [-0.2, -0.15) is 5.10 Å². The number of nitrogens with two attached hydrogens (primary N) is 1. The first-order valence-corrected chi connectivity index (χ1v) is 8.51. The summed E-state index contributed by atoms with van der Waals surface area (Å²) < 4.78 is 1.81. The molecule has 2 amide bonds. The van der Waals surface area contributed by atoms with E-state index in [0.29, 0.717) is 11.3 Å². The van der Waals surface area contributed by atoms with Gasteiger partial charge in [0.05, 0.1) is 29.3 Å². The molecular formula is C20H21N5O2. The van der Waals surface area contributed by atoms with E-state index in [1.807, 2.05) is 44.2 Å². The van der Waals surface area contributed by atoms with Crippen molar-refractivity contribution in [3.63, 3.8) is 0 Å². The molecule has 7 nitrogen and oxygen atoms in total. The van der Waals surface area contributed by atoms with Gasteiger partial charge in [-0.3, -0.25) is 9.59 Å². The Morgan fingerprint density at radius 3 is 2.33 bits per heavy atom. The minimum Gasteiger partial charge on any atom is -0.376 e. The number of hydrogen-bond donors (Lipinski definition) is 3. The third kappa shape index (κ3) is 4.14. The van der Waals surface area contributed by atoms with Crippen molar-refractivity contribution in [2.45, 2.75) is 13.8 Å². The Bertz CT molecular complexity index is 962. The average molecular weight is 363 g/mol. The second-order valence-corrected chi connectivity index (χ2v) is 6.14. The molecule has 0 bridgehead atoms. The summed E-state index contributed by atoms with van der Waals surface area (Å²) in [6.07, 6.45) is 0. The van der Waals surface area contributed by atoms with Crippen LogP contribution in [0, 0.1) is 13.8 Å². The van der Waals surface area contributed by atoms with Crippen LogP contribution < -0.4 is 16.4 Å². The first-order chi connectivity index (χ1) is 13.0. The van der Waals surface area contributed by atoms with Crippen molar-refractivity contribution in [2.75, 3.05) is 17.2 Å². The monoisotopic (exact) mass is 363 g/mol. The normalized spacial score (nSPS) is 10.4. The van der Waals surface area contributed by atoms with Crippen molar-refractivity contribution in [2.24, 2.45) is 5.73 Å². The van der Waals surface area contributed by atoms with Crippen LogP contribution in [0.15, 0.2) is 54.6 Å². The zero-order valence-electron chi connectivity index (χ0n) is 15.2. The van der Waals surface area contributed by atoms with E-state index in [-0.39, 0.29) is 12.5 Å². The van der Waals surface area contributed by atoms with Crippen molar-refractivity contribution in [1.29, 1.82) is 0 Å². The molecule has 0 aliphatic carbocycles. The summed E-state index contributed by atoms with van der Waals surface area (Å²) in [6, 6.07) is 16.4. The Morgan fingerprint density at radius 1 is 1.04 bits per heavy atom. The van der Waals surface area contributed by atoms with Gasteiger partial charge >= 0.3 is 0 Å². The van der Waals surface area contributed by atoms with E-state index < -0.39 is 5.91 Å². The van der Waals surface area contributed by atoms with E-state index in [1.54, 1.807) is 28.9 Å². The number of nitrogens with one attached hydrogen (secondary N) is 2. The summed E-state index contributed by atoms with van der Waals surface area (Å²) in [5.41, 5.74) is 9.60. The van der Waals surface area contributed by atoms with Crippen molar-refractivity contribution < 1.29 is 9.59 Å². The third-order valence-corrected chi connectivity index (χ3v) is 4.18. The summed E-state index contributed by atoms with van der Waals surface area (Å²) in [4.78, 5) is 23.4. The molecule has 7 heteroatoms. The third-order valence-electron chi connectivity index (χ3n) is 4.18. The number of benzene rings is 2. The van der Waals surface area contributed by atoms with Gasteiger partial charge in [-0.15, -0.1) is 0 Å². The lowest BCUT2D eigenvalue weighted by atomic mass is 10.2. The maximum absolute atomic E-state index is 12.3. The highest BCUT2D eigenvalue weighted by Gasteiger charge is 2.15. The topological polar surface area (TPSA) is 102 Å². The van der Waals surface area contributed by atoms with E-state index in [2.05, 4.69) is 15.7 Å². The van der Waals surface area contributed by atoms with Gasteiger partial charge in [0.1, 0.15) is 0 Å². The molecule has 0 saturated carbocycles. The number of rotatable bonds is 6. The van der Waals surface area contributed by atoms with Crippen molar-refractivity contribution >= 4 is 23.2 Å². The number of anilines is 2. The first kappa shape index (κ1) is 18.2. The molecule has 3 aromatic rings. The highest BCUT2D eigenvalue weighted by atomic mass is 16.2. The molecule has 0 fully saturated rings. The summed E-state index contributed by atoms with van der Waals surface area (Å²) in [5, 5.41) is 10.4. The Morgan fingerprint density at radius 2 is 1.70 bits per heavy atom. The van der Waals surface area contributed by atoms with Crippen LogP contribution in [0.1, 0.15) is 21.7 Å². The fraction of sp³-hybridized carbons (Fsp3) is 0.150. The highest BCUT2D eigenvalue weighted by Crippen LogP contribution is 2.22. The molecule has 0 aliphatic heterocycles. The molecule has 0 aliphatic rings. The number of primary amides is 1. The van der Waals surface area contributed by atoms with Crippen molar-refractivity contribution in [3.05, 3.63) is 71.5 Å². The summed E-state index contributed by atoms with van der Waals surface area (Å²) in [5.74, 6) is -0.673. The predicted octanol–water partition coefficient (Wildman–Crippen LogP) is 2.64. The van der Waals surface area contributed by atoms with Gasteiger partial charge in [0.15, 0.2) is 0 Å². The molecule has 2 aromatic carbocycles. The van der Waals surface area contributed by atoms with Crippen LogP contribution in [0.3, 0.4) is 0 Å². The maximum Gasteiger partial charge on any atom is 0.248 e. The molecule has 1 aromatic heterocycles. The lowest BCUT2D eigenvalue weighted by Crippen LogP contribution is -2.22. The molecule has 0 radical (unpaired) electrons. The van der Waals surface area contributed by atoms with Crippen LogP contribution in [-0.2, 0) is 4.79 Å². The van der Waals surface area contributed by atoms with Crippen molar-refractivity contribution in [1.82, 2.24) is 9.78 Å². The maximum atomic E-state index is 12.3. The standard InChI is InChI=1S/C20H21N5O2/c1-13-19(14(2)25(24-13)17-6-4-3-5-7-17)23-18(26)12-22-16-10-8-15(9-11-16)20(21)27/h3-11,22H,12H2,1-2H3,(H2,21,27)(H,23,26). The van der Waals surface area contributed by atoms with Gasteiger partial charge in [0.25, 0.3) is 0 Å². The lowest BCUT2D eigenvalue weighted by molar-refractivity contribution is -0.114. The quantitative estimate of drug-likeness (QED) is 0.626. The molecule has 3 rings (SSSR count). The number of para-hydroxylation sites is 1. The number of hydrogen-bond acceptors (Lipinski definition) is 4. The van der Waals surface area contributed by atoms with E-state index in [4.69, 9.17) is 5.73 Å². The lowest BCUT2D eigenvalue weighted by Gasteiger charge is -2.09. The average Bonchev–Trinajstić information content (AvgIpc) is 2.95. The second kappa shape index (κ2) is 7.74. The molecule has 0 unspecified atom stereocenters.